The number of rotatable bonds is 5. The van der Waals surface area contributed by atoms with Crippen LogP contribution in [0.1, 0.15) is 30.0 Å². The molecule has 0 aliphatic heterocycles. The predicted octanol–water partition coefficient (Wildman–Crippen LogP) is 4.19. The first kappa shape index (κ1) is 17.5. The van der Waals surface area contributed by atoms with Crippen LogP contribution in [0.3, 0.4) is 0 Å². The van der Waals surface area contributed by atoms with Crippen molar-refractivity contribution >= 4 is 40.7 Å². The lowest BCUT2D eigenvalue weighted by Gasteiger charge is -2.19. The first-order valence-electron chi connectivity index (χ1n) is 7.31. The number of aromatic nitrogens is 2. The summed E-state index contributed by atoms with van der Waals surface area (Å²) in [5, 5.41) is 3.63. The van der Waals surface area contributed by atoms with Gasteiger partial charge in [-0.25, -0.2) is 9.97 Å². The van der Waals surface area contributed by atoms with Crippen molar-refractivity contribution < 1.29 is 4.79 Å². The topological polar surface area (TPSA) is 58.1 Å². The van der Waals surface area contributed by atoms with E-state index in [1.807, 2.05) is 25.7 Å². The molecule has 1 heterocycles. The van der Waals surface area contributed by atoms with E-state index in [0.717, 1.165) is 18.8 Å². The summed E-state index contributed by atoms with van der Waals surface area (Å²) < 4.78 is 0. The zero-order chi connectivity index (χ0) is 17.0. The molecule has 1 N–H and O–H groups in total. The van der Waals surface area contributed by atoms with Crippen molar-refractivity contribution in [3.63, 3.8) is 0 Å². The minimum absolute atomic E-state index is 0.297. The molecule has 0 fully saturated rings. The van der Waals surface area contributed by atoms with Crippen molar-refractivity contribution in [1.29, 1.82) is 0 Å². The Bertz CT molecular complexity index is 717. The largest absolute Gasteiger partial charge is 0.341 e. The van der Waals surface area contributed by atoms with E-state index in [-0.39, 0.29) is 5.91 Å². The minimum Gasteiger partial charge on any atom is -0.341 e. The average Bonchev–Trinajstić information content (AvgIpc) is 2.50. The number of nitrogens with one attached hydrogen (secondary N) is 1. The van der Waals surface area contributed by atoms with Gasteiger partial charge in [0.1, 0.15) is 5.69 Å². The van der Waals surface area contributed by atoms with Crippen LogP contribution >= 0.6 is 23.2 Å². The van der Waals surface area contributed by atoms with E-state index in [1.165, 1.54) is 0 Å². The van der Waals surface area contributed by atoms with Crippen molar-refractivity contribution in [3.05, 3.63) is 45.7 Å². The summed E-state index contributed by atoms with van der Waals surface area (Å²) in [6.07, 6.45) is 0. The third-order valence-electron chi connectivity index (χ3n) is 3.30. The fourth-order valence-corrected chi connectivity index (χ4v) is 2.55. The number of amides is 1. The van der Waals surface area contributed by atoms with Gasteiger partial charge in [-0.05, 0) is 45.0 Å². The maximum absolute atomic E-state index is 12.4. The molecule has 1 aromatic carbocycles. The minimum atomic E-state index is -0.340. The van der Waals surface area contributed by atoms with E-state index in [1.54, 1.807) is 24.3 Å². The summed E-state index contributed by atoms with van der Waals surface area (Å²) in [4.78, 5) is 23.2. The molecule has 0 radical (unpaired) electrons. The highest BCUT2D eigenvalue weighted by atomic mass is 35.5. The molecule has 0 unspecified atom stereocenters. The summed E-state index contributed by atoms with van der Waals surface area (Å²) in [5.74, 6) is 0.204. The number of nitrogens with zero attached hydrogens (tertiary/aromatic N) is 3. The maximum atomic E-state index is 12.4. The van der Waals surface area contributed by atoms with Crippen molar-refractivity contribution in [2.45, 2.75) is 20.8 Å². The summed E-state index contributed by atoms with van der Waals surface area (Å²) >= 11 is 11.9. The Kier molecular flexibility index (Phi) is 5.80. The molecule has 23 heavy (non-hydrogen) atoms. The fraction of sp³-hybridized carbons (Fsp3) is 0.312. The maximum Gasteiger partial charge on any atom is 0.274 e. The van der Waals surface area contributed by atoms with Gasteiger partial charge in [0.2, 0.25) is 5.95 Å². The van der Waals surface area contributed by atoms with Gasteiger partial charge < -0.3 is 10.2 Å². The second kappa shape index (κ2) is 7.62. The summed E-state index contributed by atoms with van der Waals surface area (Å²) in [6, 6.07) is 6.54. The summed E-state index contributed by atoms with van der Waals surface area (Å²) in [6.45, 7) is 7.40. The van der Waals surface area contributed by atoms with Gasteiger partial charge in [-0.1, -0.05) is 23.2 Å². The number of aryl methyl sites for hydroxylation is 1. The monoisotopic (exact) mass is 352 g/mol. The molecule has 122 valence electrons. The second-order valence-corrected chi connectivity index (χ2v) is 5.79. The van der Waals surface area contributed by atoms with Crippen LogP contribution in [0.25, 0.3) is 0 Å². The number of hydrogen-bond acceptors (Lipinski definition) is 4. The van der Waals surface area contributed by atoms with E-state index in [9.17, 15) is 4.79 Å². The lowest BCUT2D eigenvalue weighted by molar-refractivity contribution is 0.102. The normalized spacial score (nSPS) is 10.5. The Labute approximate surface area is 145 Å². The van der Waals surface area contributed by atoms with Crippen LogP contribution in [-0.4, -0.2) is 29.0 Å². The lowest BCUT2D eigenvalue weighted by atomic mass is 10.3. The highest BCUT2D eigenvalue weighted by Crippen LogP contribution is 2.25. The van der Waals surface area contributed by atoms with Crippen LogP contribution in [-0.2, 0) is 0 Å². The molecule has 5 nitrogen and oxygen atoms in total. The molecule has 2 rings (SSSR count). The van der Waals surface area contributed by atoms with Gasteiger partial charge in [0, 0.05) is 23.8 Å². The molecule has 1 amide bonds. The molecule has 0 bridgehead atoms. The molecule has 1 aromatic heterocycles. The number of anilines is 2. The Morgan fingerprint density at radius 3 is 2.48 bits per heavy atom. The van der Waals surface area contributed by atoms with Crippen LogP contribution < -0.4 is 10.2 Å². The van der Waals surface area contributed by atoms with Crippen LogP contribution in [0.5, 0.6) is 0 Å². The first-order chi connectivity index (χ1) is 10.9. The molecule has 0 aliphatic rings. The van der Waals surface area contributed by atoms with Crippen molar-refractivity contribution in [3.8, 4) is 0 Å². The van der Waals surface area contributed by atoms with E-state index < -0.39 is 0 Å². The van der Waals surface area contributed by atoms with Crippen LogP contribution in [0, 0.1) is 6.92 Å². The molecule has 0 spiro atoms. The third kappa shape index (κ3) is 4.33. The average molecular weight is 353 g/mol. The van der Waals surface area contributed by atoms with E-state index >= 15 is 0 Å². The number of carbonyl (C=O) groups excluding carboxylic acids is 1. The van der Waals surface area contributed by atoms with E-state index in [2.05, 4.69) is 15.3 Å². The molecule has 7 heteroatoms. The number of benzene rings is 1. The first-order valence-corrected chi connectivity index (χ1v) is 8.07. The van der Waals surface area contributed by atoms with E-state index in [4.69, 9.17) is 23.2 Å². The van der Waals surface area contributed by atoms with E-state index in [0.29, 0.717) is 27.4 Å². The zero-order valence-corrected chi connectivity index (χ0v) is 14.7. The fourth-order valence-electron chi connectivity index (χ4n) is 2.09. The number of carbonyl (C=O) groups is 1. The van der Waals surface area contributed by atoms with Crippen LogP contribution in [0.4, 0.5) is 11.6 Å². The quantitative estimate of drug-likeness (QED) is 0.876. The SMILES string of the molecule is CCN(CC)c1nc(C)cc(C(=O)Nc2ccc(Cl)cc2Cl)n1. The summed E-state index contributed by atoms with van der Waals surface area (Å²) in [7, 11) is 0. The highest BCUT2D eigenvalue weighted by Gasteiger charge is 2.14. The number of halogens is 2. The molecular weight excluding hydrogens is 335 g/mol. The van der Waals surface area contributed by atoms with Gasteiger partial charge >= 0.3 is 0 Å². The summed E-state index contributed by atoms with van der Waals surface area (Å²) in [5.41, 5.74) is 1.52. The Balaban J connectivity index is 2.28. The van der Waals surface area contributed by atoms with Crippen molar-refractivity contribution in [2.24, 2.45) is 0 Å². The van der Waals surface area contributed by atoms with Gasteiger partial charge in [-0.15, -0.1) is 0 Å². The van der Waals surface area contributed by atoms with Crippen LogP contribution in [0.15, 0.2) is 24.3 Å². The molecular formula is C16H18Cl2N4O. The van der Waals surface area contributed by atoms with Crippen molar-refractivity contribution in [1.82, 2.24) is 9.97 Å². The van der Waals surface area contributed by atoms with Gasteiger partial charge in [0.05, 0.1) is 10.7 Å². The second-order valence-electron chi connectivity index (χ2n) is 4.95. The zero-order valence-electron chi connectivity index (χ0n) is 13.2. The lowest BCUT2D eigenvalue weighted by Crippen LogP contribution is -2.26. The standard InChI is InChI=1S/C16H18Cl2N4O/c1-4-22(5-2)16-19-10(3)8-14(21-16)15(23)20-13-7-6-11(17)9-12(13)18/h6-9H,4-5H2,1-3H3,(H,20,23). The number of hydrogen-bond donors (Lipinski definition) is 1. The van der Waals surface area contributed by atoms with Crippen LogP contribution in [0.2, 0.25) is 10.0 Å². The van der Waals surface area contributed by atoms with Gasteiger partial charge in [0.15, 0.2) is 0 Å². The Hall–Kier alpha value is -1.85. The molecule has 0 saturated carbocycles. The smallest absolute Gasteiger partial charge is 0.274 e. The molecule has 0 atom stereocenters. The molecule has 2 aromatic rings. The van der Waals surface area contributed by atoms with Gasteiger partial charge in [-0.2, -0.15) is 0 Å². The Morgan fingerprint density at radius 1 is 1.17 bits per heavy atom. The highest BCUT2D eigenvalue weighted by molar-refractivity contribution is 6.36. The Morgan fingerprint density at radius 2 is 1.87 bits per heavy atom. The van der Waals surface area contributed by atoms with Crippen molar-refractivity contribution in [2.75, 3.05) is 23.3 Å². The molecule has 0 aliphatic carbocycles. The van der Waals surface area contributed by atoms with Gasteiger partial charge in [0.25, 0.3) is 5.91 Å². The third-order valence-corrected chi connectivity index (χ3v) is 3.85. The predicted molar refractivity (Wildman–Crippen MR) is 94.7 cm³/mol. The molecule has 0 saturated heterocycles. The van der Waals surface area contributed by atoms with Gasteiger partial charge in [-0.3, -0.25) is 4.79 Å².